The lowest BCUT2D eigenvalue weighted by atomic mass is 9.82. The normalized spacial score (nSPS) is 14.0. The van der Waals surface area contributed by atoms with E-state index in [1.54, 1.807) is 42.5 Å². The van der Waals surface area contributed by atoms with E-state index >= 15 is 0 Å². The first kappa shape index (κ1) is 26.7. The summed E-state index contributed by atoms with van der Waals surface area (Å²) in [5.74, 6) is -1.59. The van der Waals surface area contributed by atoms with Crippen molar-refractivity contribution in [2.24, 2.45) is 0 Å². The number of aromatic carboxylic acids is 1. The van der Waals surface area contributed by atoms with Gasteiger partial charge in [-0.15, -0.1) is 0 Å². The summed E-state index contributed by atoms with van der Waals surface area (Å²) in [5, 5.41) is 12.8. The molecule has 0 saturated heterocycles. The summed E-state index contributed by atoms with van der Waals surface area (Å²) >= 11 is 1.31. The molecule has 2 aliphatic carbocycles. The minimum Gasteiger partial charge on any atom is -0.478 e. The summed E-state index contributed by atoms with van der Waals surface area (Å²) in [6.07, 6.45) is 0. The van der Waals surface area contributed by atoms with Crippen molar-refractivity contribution in [3.63, 3.8) is 0 Å². The molecule has 0 aliphatic heterocycles. The van der Waals surface area contributed by atoms with Crippen molar-refractivity contribution in [2.45, 2.75) is 29.1 Å². The zero-order valence-corrected chi connectivity index (χ0v) is 24.2. The SMILES string of the molecule is CC1(C)c2ccccc2-c2ccc(Nc3cc(Sc4ccc(C(=O)O)cc4)c(N)c4c3C(=O)c3ccccc3C4=O)cc21. The summed E-state index contributed by atoms with van der Waals surface area (Å²) < 4.78 is 0. The largest absolute Gasteiger partial charge is 0.478 e. The van der Waals surface area contributed by atoms with Crippen LogP contribution in [0.4, 0.5) is 17.1 Å². The summed E-state index contributed by atoms with van der Waals surface area (Å²) in [4.78, 5) is 40.4. The third-order valence-electron chi connectivity index (χ3n) is 8.39. The number of fused-ring (bicyclic) bond motifs is 5. The monoisotopic (exact) mass is 582 g/mol. The van der Waals surface area contributed by atoms with Gasteiger partial charge in [0.25, 0.3) is 0 Å². The molecular weight excluding hydrogens is 556 g/mol. The van der Waals surface area contributed by atoms with Crippen molar-refractivity contribution >= 4 is 46.4 Å². The van der Waals surface area contributed by atoms with Crippen LogP contribution in [0.2, 0.25) is 0 Å². The Balaban J connectivity index is 1.36. The van der Waals surface area contributed by atoms with E-state index in [1.165, 1.54) is 46.1 Å². The first-order valence-corrected chi connectivity index (χ1v) is 14.6. The van der Waals surface area contributed by atoms with Crippen LogP contribution in [-0.4, -0.2) is 22.6 Å². The third-order valence-corrected chi connectivity index (χ3v) is 9.46. The molecule has 2 aliphatic rings. The number of carbonyl (C=O) groups is 3. The van der Waals surface area contributed by atoms with E-state index in [0.717, 1.165) is 10.6 Å². The van der Waals surface area contributed by atoms with Gasteiger partial charge in [0, 0.05) is 32.0 Å². The molecule has 6 nitrogen and oxygen atoms in total. The lowest BCUT2D eigenvalue weighted by Gasteiger charge is -2.25. The molecule has 5 aromatic rings. The van der Waals surface area contributed by atoms with Crippen molar-refractivity contribution in [2.75, 3.05) is 11.1 Å². The predicted molar refractivity (Wildman–Crippen MR) is 169 cm³/mol. The van der Waals surface area contributed by atoms with E-state index in [2.05, 4.69) is 49.5 Å². The fourth-order valence-electron chi connectivity index (χ4n) is 6.21. The highest BCUT2D eigenvalue weighted by molar-refractivity contribution is 7.99. The number of nitrogens with two attached hydrogens (primary N) is 1. The van der Waals surface area contributed by atoms with Crippen LogP contribution in [0.5, 0.6) is 0 Å². The quantitative estimate of drug-likeness (QED) is 0.177. The van der Waals surface area contributed by atoms with Crippen LogP contribution in [0.3, 0.4) is 0 Å². The van der Waals surface area contributed by atoms with Crippen LogP contribution in [-0.2, 0) is 5.41 Å². The fourth-order valence-corrected chi connectivity index (χ4v) is 7.12. The molecule has 43 heavy (non-hydrogen) atoms. The summed E-state index contributed by atoms with van der Waals surface area (Å²) in [6.45, 7) is 4.41. The van der Waals surface area contributed by atoms with Gasteiger partial charge < -0.3 is 16.2 Å². The predicted octanol–water partition coefficient (Wildman–Crippen LogP) is 7.94. The van der Waals surface area contributed by atoms with Crippen molar-refractivity contribution in [3.05, 3.63) is 136 Å². The fraction of sp³-hybridized carbons (Fsp3) is 0.0833. The standard InChI is InChI=1S/C36H26N2O4S/c1-36(2)26-10-6-5-7-22(26)23-16-13-20(17-27(23)36)38-28-18-29(43-21-14-11-19(12-15-21)35(41)42)32(37)31-30(28)33(39)24-8-3-4-9-25(24)34(31)40/h3-18,38H,37H2,1-2H3,(H,41,42). The number of anilines is 3. The minimum atomic E-state index is -1.01. The molecule has 0 fully saturated rings. The van der Waals surface area contributed by atoms with Crippen LogP contribution in [0.25, 0.3) is 11.1 Å². The number of carbonyl (C=O) groups excluding carboxylic acids is 2. The maximum Gasteiger partial charge on any atom is 0.335 e. The molecule has 4 N–H and O–H groups in total. The van der Waals surface area contributed by atoms with Gasteiger partial charge in [-0.1, -0.05) is 80.2 Å². The number of hydrogen-bond donors (Lipinski definition) is 3. The molecule has 0 aromatic heterocycles. The summed E-state index contributed by atoms with van der Waals surface area (Å²) in [6, 6.07) is 29.6. The molecular formula is C36H26N2O4S. The van der Waals surface area contributed by atoms with Crippen molar-refractivity contribution < 1.29 is 19.5 Å². The molecule has 0 spiro atoms. The Labute approximate surface area is 252 Å². The first-order valence-electron chi connectivity index (χ1n) is 13.8. The van der Waals surface area contributed by atoms with Crippen molar-refractivity contribution in [1.29, 1.82) is 0 Å². The topological polar surface area (TPSA) is 109 Å². The molecule has 5 aromatic carbocycles. The smallest absolute Gasteiger partial charge is 0.335 e. The molecule has 0 unspecified atom stereocenters. The number of rotatable bonds is 5. The molecule has 0 bridgehead atoms. The van der Waals surface area contributed by atoms with Gasteiger partial charge in [0.1, 0.15) is 0 Å². The maximum atomic E-state index is 13.9. The Morgan fingerprint density at radius 3 is 2.02 bits per heavy atom. The van der Waals surface area contributed by atoms with Gasteiger partial charge in [-0.05, 0) is 64.7 Å². The average molecular weight is 583 g/mol. The van der Waals surface area contributed by atoms with Gasteiger partial charge in [-0.2, -0.15) is 0 Å². The Bertz CT molecular complexity index is 2030. The zero-order valence-electron chi connectivity index (χ0n) is 23.4. The number of carboxylic acid groups (broad SMARTS) is 1. The molecule has 210 valence electrons. The van der Waals surface area contributed by atoms with Gasteiger partial charge >= 0.3 is 5.97 Å². The summed E-state index contributed by atoms with van der Waals surface area (Å²) in [5.41, 5.74) is 14.0. The second-order valence-corrected chi connectivity index (χ2v) is 12.4. The highest BCUT2D eigenvalue weighted by Gasteiger charge is 2.37. The Kier molecular flexibility index (Phi) is 6.04. The van der Waals surface area contributed by atoms with Crippen molar-refractivity contribution in [3.8, 4) is 11.1 Å². The van der Waals surface area contributed by atoms with Gasteiger partial charge in [0.05, 0.1) is 28.1 Å². The van der Waals surface area contributed by atoms with E-state index in [0.29, 0.717) is 21.7 Å². The highest BCUT2D eigenvalue weighted by atomic mass is 32.2. The number of ketones is 2. The van der Waals surface area contributed by atoms with E-state index < -0.39 is 5.97 Å². The Morgan fingerprint density at radius 2 is 1.35 bits per heavy atom. The van der Waals surface area contributed by atoms with Gasteiger partial charge in [-0.25, -0.2) is 4.79 Å². The average Bonchev–Trinajstić information content (AvgIpc) is 3.23. The van der Waals surface area contributed by atoms with Crippen molar-refractivity contribution in [1.82, 2.24) is 0 Å². The van der Waals surface area contributed by atoms with Crippen LogP contribution >= 0.6 is 11.8 Å². The number of nitrogens with one attached hydrogen (secondary N) is 1. The zero-order chi connectivity index (χ0) is 30.0. The lowest BCUT2D eigenvalue weighted by Crippen LogP contribution is -2.24. The first-order chi connectivity index (χ1) is 20.6. The van der Waals surface area contributed by atoms with Crippen LogP contribution < -0.4 is 11.1 Å². The van der Waals surface area contributed by atoms with E-state index in [4.69, 9.17) is 5.73 Å². The summed E-state index contributed by atoms with van der Waals surface area (Å²) in [7, 11) is 0. The van der Waals surface area contributed by atoms with Gasteiger partial charge in [-0.3, -0.25) is 9.59 Å². The molecule has 0 heterocycles. The lowest BCUT2D eigenvalue weighted by molar-refractivity contribution is 0.0696. The Morgan fingerprint density at radius 1 is 0.744 bits per heavy atom. The molecule has 0 atom stereocenters. The molecule has 0 amide bonds. The van der Waals surface area contributed by atoms with Crippen LogP contribution in [0.15, 0.2) is 107 Å². The molecule has 0 radical (unpaired) electrons. The second kappa shape index (κ2) is 9.71. The number of nitrogen functional groups attached to an aromatic ring is 1. The maximum absolute atomic E-state index is 13.9. The number of hydrogen-bond acceptors (Lipinski definition) is 6. The van der Waals surface area contributed by atoms with E-state index in [9.17, 15) is 19.5 Å². The Hall–Kier alpha value is -5.14. The van der Waals surface area contributed by atoms with Crippen LogP contribution in [0, 0.1) is 0 Å². The van der Waals surface area contributed by atoms with E-state index in [-0.39, 0.29) is 39.4 Å². The van der Waals surface area contributed by atoms with Crippen LogP contribution in [0.1, 0.15) is 67.2 Å². The van der Waals surface area contributed by atoms with Gasteiger partial charge in [0.15, 0.2) is 11.6 Å². The second-order valence-electron chi connectivity index (χ2n) is 11.3. The van der Waals surface area contributed by atoms with Gasteiger partial charge in [0.2, 0.25) is 0 Å². The molecule has 7 heteroatoms. The molecule has 7 rings (SSSR count). The third kappa shape index (κ3) is 4.15. The number of carboxylic acids is 1. The number of benzene rings is 5. The highest BCUT2D eigenvalue weighted by Crippen LogP contribution is 2.50. The minimum absolute atomic E-state index is 0.171. The molecule has 0 saturated carbocycles. The van der Waals surface area contributed by atoms with E-state index in [1.807, 2.05) is 12.1 Å².